The Bertz CT molecular complexity index is 816. The number of nitrogens with zero attached hydrogens (tertiary/aromatic N) is 2. The van der Waals surface area contributed by atoms with Crippen LogP contribution >= 0.6 is 11.3 Å². The maximum Gasteiger partial charge on any atom is 0.387 e. The van der Waals surface area contributed by atoms with Crippen molar-refractivity contribution in [2.45, 2.75) is 19.5 Å². The van der Waals surface area contributed by atoms with Gasteiger partial charge in [0.05, 0.1) is 6.07 Å². The second-order valence-corrected chi connectivity index (χ2v) is 5.70. The molecule has 0 saturated heterocycles. The first-order chi connectivity index (χ1) is 11.9. The van der Waals surface area contributed by atoms with E-state index in [1.807, 2.05) is 6.07 Å². The number of alkyl halides is 2. The second-order valence-electron chi connectivity index (χ2n) is 4.81. The van der Waals surface area contributed by atoms with Crippen LogP contribution in [0.1, 0.15) is 27.0 Å². The molecule has 2 rings (SSSR count). The third-order valence-electron chi connectivity index (χ3n) is 3.00. The number of halogens is 2. The molecule has 0 radical (unpaired) electrons. The molecular formula is C16H12F2N2O4S. The number of nitriles is 1. The minimum atomic E-state index is -3.10. The molecule has 1 atom stereocenters. The fourth-order valence-corrected chi connectivity index (χ4v) is 2.76. The molecular weight excluding hydrogens is 354 g/mol. The van der Waals surface area contributed by atoms with Gasteiger partial charge in [0.2, 0.25) is 0 Å². The molecule has 0 N–H and O–H groups in total. The van der Waals surface area contributed by atoms with Crippen LogP contribution in [0.5, 0.6) is 5.75 Å². The Morgan fingerprint density at radius 2 is 2.08 bits per heavy atom. The molecule has 0 unspecified atom stereocenters. The number of hydrogen-bond acceptors (Lipinski definition) is 7. The molecule has 0 spiro atoms. The molecule has 1 aromatic heterocycles. The van der Waals surface area contributed by atoms with Crippen molar-refractivity contribution < 1.29 is 27.8 Å². The fraction of sp³-hybridized carbons (Fsp3) is 0.250. The first-order valence-electron chi connectivity index (χ1n) is 6.97. The number of esters is 1. The fourth-order valence-electron chi connectivity index (χ4n) is 1.90. The molecule has 1 heterocycles. The number of hydrogen-bond donors (Lipinski definition) is 0. The minimum Gasteiger partial charge on any atom is -0.454 e. The number of thiazole rings is 1. The quantitative estimate of drug-likeness (QED) is 0.700. The summed E-state index contributed by atoms with van der Waals surface area (Å²) in [5.74, 6) is -3.17. The van der Waals surface area contributed by atoms with Crippen molar-refractivity contribution in [3.63, 3.8) is 0 Å². The third-order valence-corrected chi connectivity index (χ3v) is 4.03. The van der Waals surface area contributed by atoms with E-state index in [0.717, 1.165) is 11.3 Å². The van der Waals surface area contributed by atoms with Gasteiger partial charge in [-0.2, -0.15) is 14.0 Å². The molecule has 0 aliphatic heterocycles. The minimum absolute atomic E-state index is 0.241. The van der Waals surface area contributed by atoms with Crippen LogP contribution in [-0.4, -0.2) is 30.0 Å². The number of ether oxygens (including phenoxy) is 2. The number of aryl methyl sites for hydroxylation is 1. The average Bonchev–Trinajstić information content (AvgIpc) is 2.99. The monoisotopic (exact) mass is 366 g/mol. The lowest BCUT2D eigenvalue weighted by Crippen LogP contribution is -2.20. The predicted octanol–water partition coefficient (Wildman–Crippen LogP) is 3.09. The SMILES string of the molecule is Cc1csc([C@@H](C#N)C(=O)COC(=O)c2ccccc2OC(F)F)n1. The largest absolute Gasteiger partial charge is 0.454 e. The van der Waals surface area contributed by atoms with Gasteiger partial charge in [-0.25, -0.2) is 9.78 Å². The molecule has 6 nitrogen and oxygen atoms in total. The smallest absolute Gasteiger partial charge is 0.387 e. The zero-order chi connectivity index (χ0) is 18.4. The van der Waals surface area contributed by atoms with Gasteiger partial charge in [-0.15, -0.1) is 11.3 Å². The highest BCUT2D eigenvalue weighted by Gasteiger charge is 2.25. The van der Waals surface area contributed by atoms with E-state index in [4.69, 9.17) is 10.00 Å². The number of rotatable bonds is 7. The van der Waals surface area contributed by atoms with Gasteiger partial charge in [0.15, 0.2) is 18.3 Å². The van der Waals surface area contributed by atoms with Crippen molar-refractivity contribution >= 4 is 23.1 Å². The molecule has 25 heavy (non-hydrogen) atoms. The van der Waals surface area contributed by atoms with Crippen LogP contribution in [0.15, 0.2) is 29.6 Å². The normalized spacial score (nSPS) is 11.6. The number of benzene rings is 1. The summed E-state index contributed by atoms with van der Waals surface area (Å²) in [6.45, 7) is -2.07. The van der Waals surface area contributed by atoms with Gasteiger partial charge in [0.1, 0.15) is 16.3 Å². The predicted molar refractivity (Wildman–Crippen MR) is 83.6 cm³/mol. The Kier molecular flexibility index (Phi) is 6.14. The van der Waals surface area contributed by atoms with E-state index in [9.17, 15) is 18.4 Å². The summed E-state index contributed by atoms with van der Waals surface area (Å²) in [6, 6.07) is 7.08. The molecule has 2 aromatic rings. The zero-order valence-electron chi connectivity index (χ0n) is 12.9. The topological polar surface area (TPSA) is 89.3 Å². The van der Waals surface area contributed by atoms with Crippen molar-refractivity contribution in [2.75, 3.05) is 6.61 Å². The van der Waals surface area contributed by atoms with Crippen molar-refractivity contribution in [1.29, 1.82) is 5.26 Å². The Balaban J connectivity index is 2.04. The van der Waals surface area contributed by atoms with E-state index in [-0.39, 0.29) is 11.3 Å². The summed E-state index contributed by atoms with van der Waals surface area (Å²) in [5, 5.41) is 11.1. The van der Waals surface area contributed by atoms with Crippen molar-refractivity contribution in [2.24, 2.45) is 0 Å². The van der Waals surface area contributed by atoms with Crippen LogP contribution in [0.3, 0.4) is 0 Å². The van der Waals surface area contributed by atoms with E-state index >= 15 is 0 Å². The van der Waals surface area contributed by atoms with Gasteiger partial charge in [-0.3, -0.25) is 4.79 Å². The van der Waals surface area contributed by atoms with Gasteiger partial charge in [-0.1, -0.05) is 12.1 Å². The zero-order valence-corrected chi connectivity index (χ0v) is 13.8. The lowest BCUT2D eigenvalue weighted by Gasteiger charge is -2.10. The Morgan fingerprint density at radius 3 is 2.68 bits per heavy atom. The molecule has 1 aromatic carbocycles. The molecule has 0 saturated carbocycles. The highest BCUT2D eigenvalue weighted by molar-refractivity contribution is 7.09. The lowest BCUT2D eigenvalue weighted by atomic mass is 10.1. The van der Waals surface area contributed by atoms with Gasteiger partial charge in [-0.05, 0) is 19.1 Å². The number of aromatic nitrogens is 1. The van der Waals surface area contributed by atoms with E-state index in [2.05, 4.69) is 9.72 Å². The lowest BCUT2D eigenvalue weighted by molar-refractivity contribution is -0.122. The number of para-hydroxylation sites is 1. The maximum atomic E-state index is 12.3. The molecule has 0 aliphatic rings. The van der Waals surface area contributed by atoms with Gasteiger partial charge >= 0.3 is 12.6 Å². The van der Waals surface area contributed by atoms with Gasteiger partial charge in [0.25, 0.3) is 0 Å². The first-order valence-corrected chi connectivity index (χ1v) is 7.85. The summed E-state index contributed by atoms with van der Waals surface area (Å²) in [7, 11) is 0. The number of Topliss-reactive ketones (excluding diaryl/α,β-unsaturated/α-hetero) is 1. The highest BCUT2D eigenvalue weighted by Crippen LogP contribution is 2.23. The summed E-state index contributed by atoms with van der Waals surface area (Å²) in [6.07, 6.45) is 0. The third kappa shape index (κ3) is 4.81. The average molecular weight is 366 g/mol. The van der Waals surface area contributed by atoms with E-state index in [1.165, 1.54) is 24.3 Å². The van der Waals surface area contributed by atoms with Crippen LogP contribution in [0.25, 0.3) is 0 Å². The standard InChI is InChI=1S/C16H12F2N2O4S/c1-9-8-25-14(20-9)11(6-19)12(21)7-23-15(22)10-4-2-3-5-13(10)24-16(17)18/h2-5,8,11,16H,7H2,1H3/t11-/m0/s1. The summed E-state index contributed by atoms with van der Waals surface area (Å²) in [4.78, 5) is 28.2. The van der Waals surface area contributed by atoms with Crippen molar-refractivity contribution in [3.8, 4) is 11.8 Å². The first kappa shape index (κ1) is 18.5. The van der Waals surface area contributed by atoms with E-state index in [1.54, 1.807) is 12.3 Å². The van der Waals surface area contributed by atoms with Crippen molar-refractivity contribution in [1.82, 2.24) is 4.98 Å². The van der Waals surface area contributed by atoms with E-state index in [0.29, 0.717) is 10.7 Å². The van der Waals surface area contributed by atoms with Crippen LogP contribution in [0.4, 0.5) is 8.78 Å². The summed E-state index contributed by atoms with van der Waals surface area (Å²) in [5.41, 5.74) is 0.428. The van der Waals surface area contributed by atoms with Crippen LogP contribution in [0, 0.1) is 18.3 Å². The second kappa shape index (κ2) is 8.30. The van der Waals surface area contributed by atoms with E-state index < -0.39 is 30.9 Å². The molecule has 0 amide bonds. The molecule has 9 heteroatoms. The van der Waals surface area contributed by atoms with Gasteiger partial charge < -0.3 is 9.47 Å². The number of ketones is 1. The van der Waals surface area contributed by atoms with Crippen molar-refractivity contribution in [3.05, 3.63) is 45.9 Å². The Morgan fingerprint density at radius 1 is 1.36 bits per heavy atom. The Labute approximate surface area is 145 Å². The van der Waals surface area contributed by atoms with Crippen LogP contribution in [0.2, 0.25) is 0 Å². The van der Waals surface area contributed by atoms with Gasteiger partial charge in [0, 0.05) is 11.1 Å². The maximum absolute atomic E-state index is 12.3. The number of carbonyl (C=O) groups is 2. The number of carbonyl (C=O) groups excluding carboxylic acids is 2. The summed E-state index contributed by atoms with van der Waals surface area (Å²) < 4.78 is 33.8. The van der Waals surface area contributed by atoms with Crippen LogP contribution in [-0.2, 0) is 9.53 Å². The van der Waals surface area contributed by atoms with Crippen LogP contribution < -0.4 is 4.74 Å². The molecule has 130 valence electrons. The highest BCUT2D eigenvalue weighted by atomic mass is 32.1. The summed E-state index contributed by atoms with van der Waals surface area (Å²) >= 11 is 1.15. The Hall–Kier alpha value is -2.86. The molecule has 0 bridgehead atoms. The molecule has 0 fully saturated rings. The molecule has 0 aliphatic carbocycles.